The van der Waals surface area contributed by atoms with Crippen LogP contribution in [0, 0.1) is 0 Å². The number of nitrogens with one attached hydrogen (secondary N) is 1. The van der Waals surface area contributed by atoms with Gasteiger partial charge in [-0.05, 0) is 48.7 Å². The summed E-state index contributed by atoms with van der Waals surface area (Å²) in [6.07, 6.45) is 1.74. The van der Waals surface area contributed by atoms with Gasteiger partial charge in [0.25, 0.3) is 5.91 Å². The maximum absolute atomic E-state index is 12.7. The highest BCUT2D eigenvalue weighted by Crippen LogP contribution is 2.20. The van der Waals surface area contributed by atoms with Crippen LogP contribution in [-0.2, 0) is 25.2 Å². The molecule has 1 N–H and O–H groups in total. The monoisotopic (exact) mass is 460 g/mol. The van der Waals surface area contributed by atoms with Gasteiger partial charge in [0.15, 0.2) is 0 Å². The van der Waals surface area contributed by atoms with Crippen LogP contribution in [0.3, 0.4) is 0 Å². The van der Waals surface area contributed by atoms with Crippen LogP contribution in [0.15, 0.2) is 42.5 Å². The minimum atomic E-state index is -3.38. The first-order chi connectivity index (χ1) is 15.2. The van der Waals surface area contributed by atoms with Crippen molar-refractivity contribution < 1.29 is 32.3 Å². The average Bonchev–Trinajstić information content (AvgIpc) is 3.34. The number of carbonyl (C=O) groups is 3. The highest BCUT2D eigenvalue weighted by molar-refractivity contribution is 7.88. The Morgan fingerprint density at radius 2 is 1.41 bits per heavy atom. The number of nitrogens with zero attached hydrogens (tertiary/aromatic N) is 1. The topological polar surface area (TPSA) is 119 Å². The van der Waals surface area contributed by atoms with E-state index >= 15 is 0 Å². The summed E-state index contributed by atoms with van der Waals surface area (Å²) >= 11 is 0. The number of amides is 1. The molecule has 0 aliphatic carbocycles. The quantitative estimate of drug-likeness (QED) is 0.630. The molecule has 0 saturated carbocycles. The molecule has 170 valence electrons. The summed E-state index contributed by atoms with van der Waals surface area (Å²) in [5.74, 6) is -1.96. The van der Waals surface area contributed by atoms with E-state index in [-0.39, 0.29) is 28.1 Å². The molecule has 1 amide bonds. The molecule has 2 aromatic carbocycles. The first-order valence-corrected chi connectivity index (χ1v) is 11.5. The van der Waals surface area contributed by atoms with Crippen molar-refractivity contribution in [3.8, 4) is 0 Å². The second-order valence-electron chi connectivity index (χ2n) is 7.30. The zero-order valence-corrected chi connectivity index (χ0v) is 18.6. The number of ether oxygens (including phenoxy) is 2. The Hall–Kier alpha value is -3.24. The van der Waals surface area contributed by atoms with Crippen LogP contribution in [-0.4, -0.2) is 57.9 Å². The number of benzene rings is 2. The van der Waals surface area contributed by atoms with E-state index in [0.717, 1.165) is 12.8 Å². The van der Waals surface area contributed by atoms with E-state index in [9.17, 15) is 22.8 Å². The second-order valence-corrected chi connectivity index (χ2v) is 9.26. The van der Waals surface area contributed by atoms with Gasteiger partial charge in [-0.25, -0.2) is 22.3 Å². The first-order valence-electron chi connectivity index (χ1n) is 9.93. The molecule has 0 aromatic heterocycles. The summed E-state index contributed by atoms with van der Waals surface area (Å²) in [7, 11) is -0.970. The highest BCUT2D eigenvalue weighted by Gasteiger charge is 2.25. The predicted molar refractivity (Wildman–Crippen MR) is 117 cm³/mol. The number of methoxy groups -OCH3 is 2. The Morgan fingerprint density at radius 1 is 0.875 bits per heavy atom. The van der Waals surface area contributed by atoms with Gasteiger partial charge in [-0.1, -0.05) is 12.1 Å². The number of hydrogen-bond acceptors (Lipinski definition) is 7. The third kappa shape index (κ3) is 5.51. The summed E-state index contributed by atoms with van der Waals surface area (Å²) in [6, 6.07) is 10.3. The van der Waals surface area contributed by atoms with Gasteiger partial charge >= 0.3 is 11.9 Å². The Labute approximate surface area is 186 Å². The van der Waals surface area contributed by atoms with Crippen LogP contribution < -0.4 is 5.32 Å². The van der Waals surface area contributed by atoms with Gasteiger partial charge < -0.3 is 14.8 Å². The molecule has 10 heteroatoms. The number of rotatable bonds is 7. The maximum Gasteiger partial charge on any atom is 0.337 e. The molecule has 0 spiro atoms. The van der Waals surface area contributed by atoms with Crippen LogP contribution in [0.25, 0.3) is 0 Å². The molecule has 1 aliphatic rings. The summed E-state index contributed by atoms with van der Waals surface area (Å²) in [5.41, 5.74) is 1.23. The van der Waals surface area contributed by atoms with Gasteiger partial charge in [0, 0.05) is 24.3 Å². The van der Waals surface area contributed by atoms with Crippen molar-refractivity contribution in [1.29, 1.82) is 0 Å². The smallest absolute Gasteiger partial charge is 0.337 e. The van der Waals surface area contributed by atoms with Gasteiger partial charge in [-0.3, -0.25) is 4.79 Å². The number of hydrogen-bond donors (Lipinski definition) is 1. The number of esters is 2. The van der Waals surface area contributed by atoms with E-state index in [1.165, 1.54) is 48.9 Å². The number of anilines is 1. The standard InChI is InChI=1S/C22H24N2O7S/c1-30-21(26)17-11-18(22(27)31-2)13-19(12-17)23-20(25)16-7-5-15(6-8-16)14-32(28,29)24-9-3-4-10-24/h5-8,11-13H,3-4,9-10,14H2,1-2H3,(H,23,25). The molecule has 3 rings (SSSR count). The highest BCUT2D eigenvalue weighted by atomic mass is 32.2. The van der Waals surface area contributed by atoms with Crippen molar-refractivity contribution in [2.75, 3.05) is 32.6 Å². The van der Waals surface area contributed by atoms with Crippen molar-refractivity contribution in [3.63, 3.8) is 0 Å². The molecule has 1 fully saturated rings. The lowest BCUT2D eigenvalue weighted by Gasteiger charge is -2.15. The van der Waals surface area contributed by atoms with E-state index < -0.39 is 27.9 Å². The lowest BCUT2D eigenvalue weighted by Crippen LogP contribution is -2.29. The molecule has 2 aromatic rings. The third-order valence-electron chi connectivity index (χ3n) is 5.06. The zero-order chi connectivity index (χ0) is 23.3. The lowest BCUT2D eigenvalue weighted by molar-refractivity contribution is 0.0598. The maximum atomic E-state index is 12.7. The van der Waals surface area contributed by atoms with Crippen molar-refractivity contribution in [1.82, 2.24) is 4.31 Å². The fourth-order valence-corrected chi connectivity index (χ4v) is 5.01. The number of sulfonamides is 1. The van der Waals surface area contributed by atoms with Crippen molar-refractivity contribution in [3.05, 3.63) is 64.7 Å². The predicted octanol–water partition coefficient (Wildman–Crippen LogP) is 2.44. The normalized spacial score (nSPS) is 14.1. The third-order valence-corrected chi connectivity index (χ3v) is 6.91. The SMILES string of the molecule is COC(=O)c1cc(NC(=O)c2ccc(CS(=O)(=O)N3CCCC3)cc2)cc(C(=O)OC)c1. The molecular formula is C22H24N2O7S. The van der Waals surface area contributed by atoms with Gasteiger partial charge in [0.05, 0.1) is 31.1 Å². The molecular weight excluding hydrogens is 436 g/mol. The van der Waals surface area contributed by atoms with Crippen LogP contribution in [0.4, 0.5) is 5.69 Å². The largest absolute Gasteiger partial charge is 0.465 e. The minimum Gasteiger partial charge on any atom is -0.465 e. The van der Waals surface area contributed by atoms with E-state index in [4.69, 9.17) is 0 Å². The average molecular weight is 461 g/mol. The van der Waals surface area contributed by atoms with Gasteiger partial charge in [0.1, 0.15) is 0 Å². The van der Waals surface area contributed by atoms with Crippen LogP contribution >= 0.6 is 0 Å². The summed E-state index contributed by atoms with van der Waals surface area (Å²) in [5, 5.41) is 2.63. The molecule has 32 heavy (non-hydrogen) atoms. The van der Waals surface area contributed by atoms with Gasteiger partial charge in [0.2, 0.25) is 10.0 Å². The van der Waals surface area contributed by atoms with Crippen molar-refractivity contribution in [2.24, 2.45) is 0 Å². The fourth-order valence-electron chi connectivity index (χ4n) is 3.39. The van der Waals surface area contributed by atoms with Crippen LogP contribution in [0.1, 0.15) is 49.5 Å². The Balaban J connectivity index is 1.75. The van der Waals surface area contributed by atoms with E-state index in [0.29, 0.717) is 18.7 Å². The molecule has 9 nitrogen and oxygen atoms in total. The minimum absolute atomic E-state index is 0.0770. The Bertz CT molecular complexity index is 1090. The summed E-state index contributed by atoms with van der Waals surface area (Å²) < 4.78 is 35.8. The molecule has 0 atom stereocenters. The van der Waals surface area contributed by atoms with Crippen molar-refractivity contribution >= 4 is 33.6 Å². The van der Waals surface area contributed by atoms with E-state index in [2.05, 4.69) is 14.8 Å². The van der Waals surface area contributed by atoms with E-state index in [1.807, 2.05) is 0 Å². The van der Waals surface area contributed by atoms with Crippen molar-refractivity contribution in [2.45, 2.75) is 18.6 Å². The molecule has 0 radical (unpaired) electrons. The van der Waals surface area contributed by atoms with Crippen LogP contribution in [0.2, 0.25) is 0 Å². The molecule has 1 aliphatic heterocycles. The first kappa shape index (κ1) is 23.4. The second kappa shape index (κ2) is 9.92. The number of carbonyl (C=O) groups excluding carboxylic acids is 3. The summed E-state index contributed by atoms with van der Waals surface area (Å²) in [6.45, 7) is 1.09. The van der Waals surface area contributed by atoms with Gasteiger partial charge in [-0.15, -0.1) is 0 Å². The molecule has 1 heterocycles. The fraction of sp³-hybridized carbons (Fsp3) is 0.318. The molecule has 0 bridgehead atoms. The Morgan fingerprint density at radius 3 is 1.91 bits per heavy atom. The van der Waals surface area contributed by atoms with Gasteiger partial charge in [-0.2, -0.15) is 0 Å². The van der Waals surface area contributed by atoms with E-state index in [1.54, 1.807) is 12.1 Å². The summed E-state index contributed by atoms with van der Waals surface area (Å²) in [4.78, 5) is 36.4. The molecule has 0 unspecified atom stereocenters. The Kier molecular flexibility index (Phi) is 7.26. The zero-order valence-electron chi connectivity index (χ0n) is 17.8. The lowest BCUT2D eigenvalue weighted by atomic mass is 10.1. The van der Waals surface area contributed by atoms with Crippen LogP contribution in [0.5, 0.6) is 0 Å². The molecule has 1 saturated heterocycles.